The fourth-order valence-corrected chi connectivity index (χ4v) is 3.09. The van der Waals surface area contributed by atoms with Gasteiger partial charge < -0.3 is 34.3 Å². The van der Waals surface area contributed by atoms with Crippen LogP contribution in [0.2, 0.25) is 0 Å². The van der Waals surface area contributed by atoms with E-state index in [-0.39, 0.29) is 0 Å². The summed E-state index contributed by atoms with van der Waals surface area (Å²) in [6.07, 6.45) is 0. The standard InChI is InChI=1S/C24H35N3O5/c1-7-25-24(26-15-18-13-21(29-4)23(31-6)22(14-18)30-5)27-16-19-9-8-17(2)12-20(19)32-11-10-28-3/h8-9,12-14H,7,10-11,15-16H2,1-6H3,(H2,25,26,27). The molecule has 0 saturated carbocycles. The van der Waals surface area contributed by atoms with E-state index in [1.165, 1.54) is 0 Å². The maximum absolute atomic E-state index is 5.89. The molecule has 8 heteroatoms. The van der Waals surface area contributed by atoms with Gasteiger partial charge in [0.2, 0.25) is 5.75 Å². The van der Waals surface area contributed by atoms with Crippen molar-refractivity contribution in [2.24, 2.45) is 4.99 Å². The Balaban J connectivity index is 2.15. The number of guanidine groups is 1. The number of methoxy groups -OCH3 is 4. The molecule has 0 heterocycles. The zero-order valence-corrected chi connectivity index (χ0v) is 19.9. The van der Waals surface area contributed by atoms with Crippen LogP contribution in [0.5, 0.6) is 23.0 Å². The molecule has 0 unspecified atom stereocenters. The summed E-state index contributed by atoms with van der Waals surface area (Å²) < 4.78 is 27.2. The fraction of sp³-hybridized carbons (Fsp3) is 0.458. The number of aryl methyl sites for hydroxylation is 1. The van der Waals surface area contributed by atoms with Crippen LogP contribution in [-0.2, 0) is 17.8 Å². The van der Waals surface area contributed by atoms with Gasteiger partial charge in [0.25, 0.3) is 0 Å². The Labute approximate surface area is 190 Å². The fourth-order valence-electron chi connectivity index (χ4n) is 3.09. The van der Waals surface area contributed by atoms with Crippen LogP contribution in [0, 0.1) is 6.92 Å². The van der Waals surface area contributed by atoms with Crippen molar-refractivity contribution in [3.8, 4) is 23.0 Å². The third-order valence-electron chi connectivity index (χ3n) is 4.70. The van der Waals surface area contributed by atoms with Gasteiger partial charge in [0.05, 0.1) is 34.5 Å². The van der Waals surface area contributed by atoms with Crippen LogP contribution in [0.15, 0.2) is 35.3 Å². The summed E-state index contributed by atoms with van der Waals surface area (Å²) >= 11 is 0. The molecule has 32 heavy (non-hydrogen) atoms. The van der Waals surface area contributed by atoms with Gasteiger partial charge in [-0.25, -0.2) is 4.99 Å². The summed E-state index contributed by atoms with van der Waals surface area (Å²) in [5, 5.41) is 6.65. The van der Waals surface area contributed by atoms with Crippen LogP contribution < -0.4 is 29.6 Å². The summed E-state index contributed by atoms with van der Waals surface area (Å²) in [5.41, 5.74) is 3.13. The van der Waals surface area contributed by atoms with E-state index >= 15 is 0 Å². The summed E-state index contributed by atoms with van der Waals surface area (Å²) in [5.74, 6) is 3.31. The van der Waals surface area contributed by atoms with Crippen molar-refractivity contribution in [1.29, 1.82) is 0 Å². The normalized spacial score (nSPS) is 11.1. The number of nitrogens with zero attached hydrogens (tertiary/aromatic N) is 1. The van der Waals surface area contributed by atoms with E-state index in [4.69, 9.17) is 28.7 Å². The van der Waals surface area contributed by atoms with Crippen LogP contribution in [0.4, 0.5) is 0 Å². The molecule has 0 spiro atoms. The highest BCUT2D eigenvalue weighted by Gasteiger charge is 2.13. The lowest BCUT2D eigenvalue weighted by Crippen LogP contribution is -2.36. The van der Waals surface area contributed by atoms with Crippen LogP contribution in [0.3, 0.4) is 0 Å². The Morgan fingerprint density at radius 2 is 1.59 bits per heavy atom. The maximum Gasteiger partial charge on any atom is 0.203 e. The quantitative estimate of drug-likeness (QED) is 0.295. The van der Waals surface area contributed by atoms with E-state index < -0.39 is 0 Å². The van der Waals surface area contributed by atoms with E-state index in [2.05, 4.69) is 22.8 Å². The first-order chi connectivity index (χ1) is 15.6. The molecule has 0 saturated heterocycles. The topological polar surface area (TPSA) is 82.6 Å². The monoisotopic (exact) mass is 445 g/mol. The second-order valence-electron chi connectivity index (χ2n) is 7.03. The second kappa shape index (κ2) is 13.3. The lowest BCUT2D eigenvalue weighted by Gasteiger charge is -2.16. The van der Waals surface area contributed by atoms with Gasteiger partial charge in [-0.2, -0.15) is 0 Å². The molecule has 2 aromatic carbocycles. The number of hydrogen-bond acceptors (Lipinski definition) is 6. The maximum atomic E-state index is 5.89. The molecule has 0 aliphatic carbocycles. The van der Waals surface area contributed by atoms with Crippen molar-refractivity contribution in [2.45, 2.75) is 26.9 Å². The van der Waals surface area contributed by atoms with E-state index in [9.17, 15) is 0 Å². The molecule has 2 aromatic rings. The summed E-state index contributed by atoms with van der Waals surface area (Å²) in [6.45, 7) is 6.88. The van der Waals surface area contributed by atoms with Crippen molar-refractivity contribution in [1.82, 2.24) is 10.6 Å². The first-order valence-electron chi connectivity index (χ1n) is 10.6. The highest BCUT2D eigenvalue weighted by atomic mass is 16.5. The summed E-state index contributed by atoms with van der Waals surface area (Å²) in [4.78, 5) is 4.71. The zero-order chi connectivity index (χ0) is 23.3. The van der Waals surface area contributed by atoms with Gasteiger partial charge in [-0.1, -0.05) is 12.1 Å². The molecule has 0 aliphatic rings. The smallest absolute Gasteiger partial charge is 0.203 e. The molecule has 176 valence electrons. The van der Waals surface area contributed by atoms with Crippen molar-refractivity contribution in [3.63, 3.8) is 0 Å². The van der Waals surface area contributed by atoms with Crippen LogP contribution in [0.1, 0.15) is 23.6 Å². The van der Waals surface area contributed by atoms with Crippen LogP contribution >= 0.6 is 0 Å². The third kappa shape index (κ3) is 7.23. The van der Waals surface area contributed by atoms with E-state index in [0.29, 0.717) is 49.5 Å². The summed E-state index contributed by atoms with van der Waals surface area (Å²) in [6, 6.07) is 9.96. The molecule has 0 atom stereocenters. The molecule has 0 fully saturated rings. The number of aliphatic imine (C=N–C) groups is 1. The molecule has 0 amide bonds. The Kier molecular flexibility index (Phi) is 10.5. The Morgan fingerprint density at radius 3 is 2.19 bits per heavy atom. The van der Waals surface area contributed by atoms with Gasteiger partial charge in [-0.3, -0.25) is 0 Å². The van der Waals surface area contributed by atoms with E-state index in [0.717, 1.165) is 29.0 Å². The van der Waals surface area contributed by atoms with Crippen LogP contribution in [-0.4, -0.2) is 54.2 Å². The Morgan fingerprint density at radius 1 is 0.875 bits per heavy atom. The number of rotatable bonds is 12. The highest BCUT2D eigenvalue weighted by molar-refractivity contribution is 5.79. The highest BCUT2D eigenvalue weighted by Crippen LogP contribution is 2.38. The van der Waals surface area contributed by atoms with Crippen molar-refractivity contribution in [3.05, 3.63) is 47.0 Å². The largest absolute Gasteiger partial charge is 0.493 e. The molecule has 0 aromatic heterocycles. The first kappa shape index (κ1) is 25.1. The lowest BCUT2D eigenvalue weighted by molar-refractivity contribution is 0.145. The minimum absolute atomic E-state index is 0.442. The molecule has 2 rings (SSSR count). The molecular formula is C24H35N3O5. The number of hydrogen-bond donors (Lipinski definition) is 2. The van der Waals surface area contributed by atoms with Gasteiger partial charge in [0.1, 0.15) is 12.4 Å². The first-order valence-corrected chi connectivity index (χ1v) is 10.6. The van der Waals surface area contributed by atoms with Gasteiger partial charge in [-0.15, -0.1) is 0 Å². The molecule has 0 radical (unpaired) electrons. The lowest BCUT2D eigenvalue weighted by atomic mass is 10.1. The van der Waals surface area contributed by atoms with Gasteiger partial charge >= 0.3 is 0 Å². The third-order valence-corrected chi connectivity index (χ3v) is 4.70. The van der Waals surface area contributed by atoms with E-state index in [1.54, 1.807) is 28.4 Å². The average Bonchev–Trinajstić information content (AvgIpc) is 2.81. The van der Waals surface area contributed by atoms with E-state index in [1.807, 2.05) is 32.0 Å². The van der Waals surface area contributed by atoms with Crippen LogP contribution in [0.25, 0.3) is 0 Å². The summed E-state index contributed by atoms with van der Waals surface area (Å²) in [7, 11) is 6.45. The minimum Gasteiger partial charge on any atom is -0.493 e. The number of ether oxygens (including phenoxy) is 5. The second-order valence-corrected chi connectivity index (χ2v) is 7.03. The molecule has 0 aliphatic heterocycles. The zero-order valence-electron chi connectivity index (χ0n) is 19.9. The Bertz CT molecular complexity index is 861. The van der Waals surface area contributed by atoms with Gasteiger partial charge in [0.15, 0.2) is 17.5 Å². The van der Waals surface area contributed by atoms with Gasteiger partial charge in [-0.05, 0) is 43.2 Å². The molecular weight excluding hydrogens is 410 g/mol. The van der Waals surface area contributed by atoms with Gasteiger partial charge in [0, 0.05) is 25.8 Å². The molecule has 8 nitrogen and oxygen atoms in total. The predicted molar refractivity (Wildman–Crippen MR) is 126 cm³/mol. The molecule has 0 bridgehead atoms. The van der Waals surface area contributed by atoms with Crippen molar-refractivity contribution in [2.75, 3.05) is 48.2 Å². The average molecular weight is 446 g/mol. The van der Waals surface area contributed by atoms with Crippen molar-refractivity contribution >= 4 is 5.96 Å². The molecule has 2 N–H and O–H groups in total. The Hall–Kier alpha value is -3.13. The number of nitrogens with one attached hydrogen (secondary N) is 2. The minimum atomic E-state index is 0.442. The predicted octanol–water partition coefficient (Wildman–Crippen LogP) is 3.30. The number of benzene rings is 2. The SMILES string of the molecule is CCNC(=NCc1cc(OC)c(OC)c(OC)c1)NCc1ccc(C)cc1OCCOC. The van der Waals surface area contributed by atoms with Crippen molar-refractivity contribution < 1.29 is 23.7 Å².